The van der Waals surface area contributed by atoms with Crippen molar-refractivity contribution in [2.75, 3.05) is 12.3 Å². The Kier molecular flexibility index (Phi) is 3.59. The molecule has 124 valence electrons. The number of rotatable bonds is 5. The first-order chi connectivity index (χ1) is 11.6. The zero-order chi connectivity index (χ0) is 16.7. The molecule has 0 atom stereocenters. The maximum atomic E-state index is 13.6. The lowest BCUT2D eigenvalue weighted by molar-refractivity contribution is 0.298. The van der Waals surface area contributed by atoms with Gasteiger partial charge in [0.05, 0.1) is 17.6 Å². The minimum atomic E-state index is -0.868. The van der Waals surface area contributed by atoms with Gasteiger partial charge < -0.3 is 15.0 Å². The molecule has 0 saturated heterocycles. The van der Waals surface area contributed by atoms with Gasteiger partial charge in [0, 0.05) is 23.7 Å². The van der Waals surface area contributed by atoms with Gasteiger partial charge >= 0.3 is 0 Å². The molecule has 0 unspecified atom stereocenters. The first kappa shape index (κ1) is 14.9. The molecule has 3 aromatic rings. The van der Waals surface area contributed by atoms with Gasteiger partial charge in [-0.05, 0) is 37.1 Å². The number of ether oxygens (including phenoxy) is 1. The molecule has 1 aromatic heterocycles. The van der Waals surface area contributed by atoms with Crippen LogP contribution in [0.25, 0.3) is 11.0 Å². The molecule has 1 fully saturated rings. The van der Waals surface area contributed by atoms with E-state index in [1.165, 1.54) is 6.07 Å². The van der Waals surface area contributed by atoms with Gasteiger partial charge in [0.25, 0.3) is 0 Å². The second-order valence-electron chi connectivity index (χ2n) is 6.07. The molecule has 4 rings (SSSR count). The van der Waals surface area contributed by atoms with Crippen LogP contribution in [-0.2, 0) is 6.54 Å². The molecule has 0 radical (unpaired) electrons. The van der Waals surface area contributed by atoms with Crippen LogP contribution >= 0.6 is 0 Å². The Morgan fingerprint density at radius 2 is 1.83 bits per heavy atom. The van der Waals surface area contributed by atoms with E-state index in [0.717, 1.165) is 30.5 Å². The second-order valence-corrected chi connectivity index (χ2v) is 6.07. The zero-order valence-electron chi connectivity index (χ0n) is 13.0. The summed E-state index contributed by atoms with van der Waals surface area (Å²) in [5.41, 5.74) is 7.42. The minimum absolute atomic E-state index is 0.375. The molecular weight excluding hydrogens is 312 g/mol. The zero-order valence-corrected chi connectivity index (χ0v) is 13.0. The highest BCUT2D eigenvalue weighted by Crippen LogP contribution is 2.40. The Morgan fingerprint density at radius 3 is 2.54 bits per heavy atom. The summed E-state index contributed by atoms with van der Waals surface area (Å²) in [5.74, 6) is 0.257. The lowest BCUT2D eigenvalue weighted by Crippen LogP contribution is -2.11. The van der Waals surface area contributed by atoms with Crippen molar-refractivity contribution in [3.05, 3.63) is 53.9 Å². The molecule has 0 bridgehead atoms. The molecule has 1 aliphatic carbocycles. The maximum Gasteiger partial charge on any atom is 0.161 e. The molecule has 1 heterocycles. The van der Waals surface area contributed by atoms with Crippen molar-refractivity contribution in [3.8, 4) is 5.75 Å². The summed E-state index contributed by atoms with van der Waals surface area (Å²) in [7, 11) is 0. The highest BCUT2D eigenvalue weighted by molar-refractivity contribution is 5.76. The van der Waals surface area contributed by atoms with Crippen molar-refractivity contribution < 1.29 is 13.5 Å². The fourth-order valence-corrected chi connectivity index (χ4v) is 2.85. The molecular formula is C18H17F2N3O. The molecule has 2 N–H and O–H groups in total. The van der Waals surface area contributed by atoms with Crippen molar-refractivity contribution in [1.82, 2.24) is 9.55 Å². The van der Waals surface area contributed by atoms with Crippen molar-refractivity contribution in [1.29, 1.82) is 0 Å². The molecule has 2 aromatic carbocycles. The number of aromatic nitrogens is 2. The van der Waals surface area contributed by atoms with Crippen LogP contribution in [0.15, 0.2) is 36.4 Å². The SMILES string of the molecule is Nc1ccc(OCCn2c(C3CC3)nc3cc(F)c(F)cc32)cc1. The predicted octanol–water partition coefficient (Wildman–Crippen LogP) is 3.85. The van der Waals surface area contributed by atoms with E-state index in [2.05, 4.69) is 4.98 Å². The lowest BCUT2D eigenvalue weighted by atomic mass is 10.3. The van der Waals surface area contributed by atoms with Gasteiger partial charge in [-0.1, -0.05) is 0 Å². The number of fused-ring (bicyclic) bond motifs is 1. The van der Waals surface area contributed by atoms with Crippen LogP contribution in [0.3, 0.4) is 0 Å². The van der Waals surface area contributed by atoms with Crippen LogP contribution in [0.5, 0.6) is 5.75 Å². The molecule has 1 aliphatic rings. The van der Waals surface area contributed by atoms with E-state index in [0.29, 0.717) is 35.8 Å². The fourth-order valence-electron chi connectivity index (χ4n) is 2.85. The molecule has 0 aliphatic heterocycles. The number of nitrogens with two attached hydrogens (primary N) is 1. The summed E-state index contributed by atoms with van der Waals surface area (Å²) < 4.78 is 34.7. The summed E-state index contributed by atoms with van der Waals surface area (Å²) in [6.07, 6.45) is 2.13. The Morgan fingerprint density at radius 1 is 1.12 bits per heavy atom. The summed E-state index contributed by atoms with van der Waals surface area (Å²) >= 11 is 0. The monoisotopic (exact) mass is 329 g/mol. The highest BCUT2D eigenvalue weighted by Gasteiger charge is 2.30. The minimum Gasteiger partial charge on any atom is -0.492 e. The largest absolute Gasteiger partial charge is 0.492 e. The first-order valence-electron chi connectivity index (χ1n) is 7.95. The van der Waals surface area contributed by atoms with Crippen LogP contribution in [0.2, 0.25) is 0 Å². The van der Waals surface area contributed by atoms with Crippen molar-refractivity contribution >= 4 is 16.7 Å². The van der Waals surface area contributed by atoms with Crippen LogP contribution in [0.1, 0.15) is 24.6 Å². The average molecular weight is 329 g/mol. The third-order valence-corrected chi connectivity index (χ3v) is 4.23. The normalized spacial score (nSPS) is 14.2. The number of imidazole rings is 1. The highest BCUT2D eigenvalue weighted by atomic mass is 19.2. The summed E-state index contributed by atoms with van der Waals surface area (Å²) in [6.45, 7) is 0.936. The van der Waals surface area contributed by atoms with Gasteiger partial charge in [0.2, 0.25) is 0 Å². The fraction of sp³-hybridized carbons (Fsp3) is 0.278. The Hall–Kier alpha value is -2.63. The smallest absolute Gasteiger partial charge is 0.161 e. The summed E-state index contributed by atoms with van der Waals surface area (Å²) in [6, 6.07) is 9.53. The van der Waals surface area contributed by atoms with Crippen LogP contribution < -0.4 is 10.5 Å². The first-order valence-corrected chi connectivity index (χ1v) is 7.95. The van der Waals surface area contributed by atoms with Crippen molar-refractivity contribution in [2.24, 2.45) is 0 Å². The Labute approximate surface area is 137 Å². The number of hydrogen-bond acceptors (Lipinski definition) is 3. The van der Waals surface area contributed by atoms with Crippen molar-refractivity contribution in [2.45, 2.75) is 25.3 Å². The van der Waals surface area contributed by atoms with Gasteiger partial charge in [0.1, 0.15) is 18.2 Å². The van der Waals surface area contributed by atoms with Crippen LogP contribution in [0, 0.1) is 11.6 Å². The molecule has 1 saturated carbocycles. The van der Waals surface area contributed by atoms with Gasteiger partial charge in [0.15, 0.2) is 11.6 Å². The lowest BCUT2D eigenvalue weighted by Gasteiger charge is -2.11. The second kappa shape index (κ2) is 5.78. The Bertz CT molecular complexity index is 885. The van der Waals surface area contributed by atoms with Crippen molar-refractivity contribution in [3.63, 3.8) is 0 Å². The number of benzene rings is 2. The van der Waals surface area contributed by atoms with Gasteiger partial charge in [-0.3, -0.25) is 0 Å². The maximum absolute atomic E-state index is 13.6. The van der Waals surface area contributed by atoms with Crippen LogP contribution in [0.4, 0.5) is 14.5 Å². The topological polar surface area (TPSA) is 53.1 Å². The van der Waals surface area contributed by atoms with E-state index in [-0.39, 0.29) is 0 Å². The van der Waals surface area contributed by atoms with E-state index in [1.54, 1.807) is 24.3 Å². The average Bonchev–Trinajstić information content (AvgIpc) is 3.35. The number of halogens is 2. The van der Waals surface area contributed by atoms with E-state index in [1.807, 2.05) is 4.57 Å². The summed E-state index contributed by atoms with van der Waals surface area (Å²) in [4.78, 5) is 4.50. The van der Waals surface area contributed by atoms with E-state index in [9.17, 15) is 8.78 Å². The van der Waals surface area contributed by atoms with E-state index >= 15 is 0 Å². The van der Waals surface area contributed by atoms with Crippen LogP contribution in [-0.4, -0.2) is 16.2 Å². The van der Waals surface area contributed by atoms with E-state index < -0.39 is 11.6 Å². The third kappa shape index (κ3) is 2.79. The molecule has 6 heteroatoms. The number of hydrogen-bond donors (Lipinski definition) is 1. The molecule has 0 spiro atoms. The Balaban J connectivity index is 1.59. The van der Waals surface area contributed by atoms with Gasteiger partial charge in [-0.25, -0.2) is 13.8 Å². The third-order valence-electron chi connectivity index (χ3n) is 4.23. The summed E-state index contributed by atoms with van der Waals surface area (Å²) in [5, 5.41) is 0. The number of nitrogen functional groups attached to an aromatic ring is 1. The molecule has 0 amide bonds. The number of anilines is 1. The standard InChI is InChI=1S/C18H17F2N3O/c19-14-9-16-17(10-15(14)20)23(18(22-16)11-1-2-11)7-8-24-13-5-3-12(21)4-6-13/h3-6,9-11H,1-2,7-8,21H2. The van der Waals surface area contributed by atoms with Gasteiger partial charge in [-0.2, -0.15) is 0 Å². The van der Waals surface area contributed by atoms with Gasteiger partial charge in [-0.15, -0.1) is 0 Å². The molecule has 24 heavy (non-hydrogen) atoms. The predicted molar refractivity (Wildman–Crippen MR) is 88.0 cm³/mol. The quantitative estimate of drug-likeness (QED) is 0.723. The number of nitrogens with zero attached hydrogens (tertiary/aromatic N) is 2. The van der Waals surface area contributed by atoms with E-state index in [4.69, 9.17) is 10.5 Å². The molecule has 4 nitrogen and oxygen atoms in total.